The largest absolute Gasteiger partial charge is 0.340 e. The number of amidine groups is 1. The molecule has 0 saturated heterocycles. The van der Waals surface area contributed by atoms with Crippen LogP contribution in [0.15, 0.2) is 169 Å². The Morgan fingerprint density at radius 2 is 1.11 bits per heavy atom. The minimum absolute atomic E-state index is 0.152. The Bertz CT molecular complexity index is 2790. The molecule has 57 heavy (non-hydrogen) atoms. The highest BCUT2D eigenvalue weighted by Crippen LogP contribution is 2.52. The highest BCUT2D eigenvalue weighted by atomic mass is 15.2. The van der Waals surface area contributed by atoms with Gasteiger partial charge in [0.1, 0.15) is 24.0 Å². The molecule has 0 aliphatic carbocycles. The van der Waals surface area contributed by atoms with Crippen LogP contribution >= 0.6 is 0 Å². The van der Waals surface area contributed by atoms with Gasteiger partial charge in [0.25, 0.3) is 0 Å². The number of nitrogens with one attached hydrogen (secondary N) is 1. The third-order valence-corrected chi connectivity index (χ3v) is 11.0. The van der Waals surface area contributed by atoms with Crippen molar-refractivity contribution in [3.05, 3.63) is 208 Å². The smallest absolute Gasteiger partial charge is 0.133 e. The first kappa shape index (κ1) is 34.8. The molecule has 270 valence electrons. The zero-order valence-corrected chi connectivity index (χ0v) is 31.3. The van der Waals surface area contributed by atoms with Gasteiger partial charge in [0, 0.05) is 45.0 Å². The average Bonchev–Trinajstić information content (AvgIpc) is 3.27. The lowest BCUT2D eigenvalue weighted by Crippen LogP contribution is -2.30. The van der Waals surface area contributed by atoms with E-state index >= 15 is 0 Å². The van der Waals surface area contributed by atoms with E-state index in [-0.39, 0.29) is 16.5 Å². The van der Waals surface area contributed by atoms with Gasteiger partial charge >= 0.3 is 0 Å². The fraction of sp³-hybridized carbons (Fsp3) is 0.0800. The number of benzene rings is 7. The lowest BCUT2D eigenvalue weighted by atomic mass is 9.73. The number of aliphatic imine (C=N–C) groups is 1. The number of fused-ring (bicyclic) bond motifs is 3. The third kappa shape index (κ3) is 5.94. The van der Waals surface area contributed by atoms with Gasteiger partial charge in [-0.05, 0) is 89.5 Å². The van der Waals surface area contributed by atoms with Gasteiger partial charge in [-0.1, -0.05) is 105 Å². The number of para-hydroxylation sites is 3. The molecule has 0 fully saturated rings. The van der Waals surface area contributed by atoms with Gasteiger partial charge < -0.3 is 15.1 Å². The van der Waals surface area contributed by atoms with Gasteiger partial charge in [0.2, 0.25) is 0 Å². The summed E-state index contributed by atoms with van der Waals surface area (Å²) in [7, 11) is 0. The van der Waals surface area contributed by atoms with E-state index in [1.807, 2.05) is 66.7 Å². The number of nitriles is 3. The van der Waals surface area contributed by atoms with Crippen molar-refractivity contribution < 1.29 is 0 Å². The Balaban J connectivity index is 1.15. The molecule has 7 heteroatoms. The van der Waals surface area contributed by atoms with Crippen LogP contribution in [-0.4, -0.2) is 5.84 Å². The Labute approximate surface area is 332 Å². The molecule has 9 rings (SSSR count). The number of rotatable bonds is 6. The lowest BCUT2D eigenvalue weighted by molar-refractivity contribution is 0.632. The highest BCUT2D eigenvalue weighted by Gasteiger charge is 2.36. The zero-order valence-electron chi connectivity index (χ0n) is 31.3. The molecule has 1 unspecified atom stereocenters. The van der Waals surface area contributed by atoms with E-state index in [0.717, 1.165) is 39.7 Å². The van der Waals surface area contributed by atoms with Crippen LogP contribution in [0.25, 0.3) is 0 Å². The molecule has 2 aliphatic rings. The summed E-state index contributed by atoms with van der Waals surface area (Å²) in [5.74, 6) is 0.614. The molecule has 0 spiro atoms. The fourth-order valence-electron chi connectivity index (χ4n) is 8.22. The Morgan fingerprint density at radius 3 is 1.74 bits per heavy atom. The van der Waals surface area contributed by atoms with E-state index < -0.39 is 6.04 Å². The molecule has 0 radical (unpaired) electrons. The summed E-state index contributed by atoms with van der Waals surface area (Å²) in [6.07, 6.45) is 0. The summed E-state index contributed by atoms with van der Waals surface area (Å²) >= 11 is 0. The van der Waals surface area contributed by atoms with Crippen LogP contribution in [0, 0.1) is 34.0 Å². The summed E-state index contributed by atoms with van der Waals surface area (Å²) in [4.78, 5) is 9.62. The Kier molecular flexibility index (Phi) is 8.59. The van der Waals surface area contributed by atoms with Crippen molar-refractivity contribution in [1.82, 2.24) is 0 Å². The first-order valence-electron chi connectivity index (χ1n) is 18.8. The topological polar surface area (TPSA) is 102 Å². The SMILES string of the molecule is CC1(C)c2ccccc2N(c2ccc(N(c3ccccc3)c3ccc(C4N=C(c5ccccc5)Nc5cc(C#N)c(C#N)cc54)c(C#N)c3)cc2)c2ccccc21. The van der Waals surface area contributed by atoms with Crippen molar-refractivity contribution in [2.75, 3.05) is 15.1 Å². The predicted octanol–water partition coefficient (Wildman–Crippen LogP) is 11.8. The summed E-state index contributed by atoms with van der Waals surface area (Å²) in [5, 5.41) is 33.9. The number of hydrogen-bond donors (Lipinski definition) is 1. The van der Waals surface area contributed by atoms with Crippen molar-refractivity contribution in [1.29, 1.82) is 15.8 Å². The van der Waals surface area contributed by atoms with Crippen LogP contribution < -0.4 is 15.1 Å². The quantitative estimate of drug-likeness (QED) is 0.182. The number of nitrogens with zero attached hydrogens (tertiary/aromatic N) is 6. The molecule has 2 aliphatic heterocycles. The third-order valence-electron chi connectivity index (χ3n) is 11.0. The molecule has 1 atom stereocenters. The van der Waals surface area contributed by atoms with Crippen molar-refractivity contribution in [3.8, 4) is 18.2 Å². The molecular weight excluding hydrogens is 699 g/mol. The lowest BCUT2D eigenvalue weighted by Gasteiger charge is -2.42. The van der Waals surface area contributed by atoms with Crippen molar-refractivity contribution >= 4 is 45.6 Å². The van der Waals surface area contributed by atoms with E-state index in [1.54, 1.807) is 12.1 Å². The van der Waals surface area contributed by atoms with Gasteiger partial charge in [-0.25, -0.2) is 0 Å². The fourth-order valence-corrected chi connectivity index (χ4v) is 8.22. The summed E-state index contributed by atoms with van der Waals surface area (Å²) in [6.45, 7) is 4.58. The van der Waals surface area contributed by atoms with E-state index in [1.165, 1.54) is 11.1 Å². The molecule has 7 nitrogen and oxygen atoms in total. The van der Waals surface area contributed by atoms with Gasteiger partial charge in [-0.3, -0.25) is 4.99 Å². The minimum atomic E-state index is -0.607. The van der Waals surface area contributed by atoms with Crippen LogP contribution in [0.1, 0.15) is 64.4 Å². The Morgan fingerprint density at radius 1 is 0.561 bits per heavy atom. The maximum atomic E-state index is 10.8. The monoisotopic (exact) mass is 733 g/mol. The maximum absolute atomic E-state index is 10.8. The van der Waals surface area contributed by atoms with E-state index in [9.17, 15) is 15.8 Å². The first-order valence-corrected chi connectivity index (χ1v) is 18.8. The van der Waals surface area contributed by atoms with Crippen LogP contribution in [-0.2, 0) is 5.41 Å². The molecule has 0 saturated carbocycles. The highest BCUT2D eigenvalue weighted by molar-refractivity contribution is 6.10. The predicted molar refractivity (Wildman–Crippen MR) is 227 cm³/mol. The second-order valence-corrected chi connectivity index (χ2v) is 14.6. The summed E-state index contributed by atoms with van der Waals surface area (Å²) in [6, 6.07) is 61.2. The molecule has 0 aromatic heterocycles. The molecule has 2 heterocycles. The van der Waals surface area contributed by atoms with E-state index in [0.29, 0.717) is 28.2 Å². The first-order chi connectivity index (χ1) is 27.9. The second kappa shape index (κ2) is 14.1. The second-order valence-electron chi connectivity index (χ2n) is 14.6. The average molecular weight is 734 g/mol. The van der Waals surface area contributed by atoms with Crippen LogP contribution in [0.2, 0.25) is 0 Å². The molecule has 0 bridgehead atoms. The van der Waals surface area contributed by atoms with Crippen LogP contribution in [0.3, 0.4) is 0 Å². The Hall–Kier alpha value is -7.92. The number of anilines is 7. The minimum Gasteiger partial charge on any atom is -0.340 e. The van der Waals surface area contributed by atoms with E-state index in [4.69, 9.17) is 4.99 Å². The maximum Gasteiger partial charge on any atom is 0.133 e. The zero-order chi connectivity index (χ0) is 39.1. The van der Waals surface area contributed by atoms with Gasteiger partial charge in [0.05, 0.1) is 34.1 Å². The summed E-state index contributed by atoms with van der Waals surface area (Å²) < 4.78 is 0. The van der Waals surface area contributed by atoms with Crippen molar-refractivity contribution in [2.24, 2.45) is 4.99 Å². The molecular formula is C50H35N7. The molecule has 7 aromatic carbocycles. The van der Waals surface area contributed by atoms with Gasteiger partial charge in [0.15, 0.2) is 0 Å². The molecule has 1 N–H and O–H groups in total. The van der Waals surface area contributed by atoms with Crippen LogP contribution in [0.5, 0.6) is 0 Å². The van der Waals surface area contributed by atoms with Gasteiger partial charge in [-0.15, -0.1) is 0 Å². The molecule has 7 aromatic rings. The van der Waals surface area contributed by atoms with Crippen molar-refractivity contribution in [2.45, 2.75) is 25.3 Å². The van der Waals surface area contributed by atoms with Crippen molar-refractivity contribution in [3.63, 3.8) is 0 Å². The number of hydrogen-bond acceptors (Lipinski definition) is 7. The standard InChI is InChI=1S/C50H35N7/c1-50(2)43-17-9-11-19-46(43)57(47-20-12-10-18-44(47)50)39-23-21-38(22-24-39)56(37-15-7-4-8-16-37)40-25-26-41(36(27-40)32-53)48-42-28-34(30-51)35(31-52)29-45(42)54-49(55-48)33-13-5-3-6-14-33/h3-29,48H,1-2H3,(H,54,55). The van der Waals surface area contributed by atoms with Gasteiger partial charge in [-0.2, -0.15) is 15.8 Å². The normalized spacial score (nSPS) is 14.6. The summed E-state index contributed by atoms with van der Waals surface area (Å²) in [5.41, 5.74) is 12.4. The van der Waals surface area contributed by atoms with Crippen LogP contribution in [0.4, 0.5) is 39.8 Å². The van der Waals surface area contributed by atoms with E-state index in [2.05, 4.69) is 132 Å². The molecule has 0 amide bonds.